The number of carbonyl (C=O) groups is 2. The van der Waals surface area contributed by atoms with Crippen LogP contribution < -0.4 is 4.74 Å². The van der Waals surface area contributed by atoms with Crippen molar-refractivity contribution >= 4 is 22.8 Å². The molecular formula is C20H20N4O3. The second-order valence-electron chi connectivity index (χ2n) is 6.43. The van der Waals surface area contributed by atoms with Crippen molar-refractivity contribution in [2.24, 2.45) is 0 Å². The molecule has 2 aromatic heterocycles. The Kier molecular flexibility index (Phi) is 4.50. The van der Waals surface area contributed by atoms with Gasteiger partial charge in [0, 0.05) is 37.9 Å². The van der Waals surface area contributed by atoms with Crippen LogP contribution in [-0.2, 0) is 0 Å². The van der Waals surface area contributed by atoms with E-state index in [1.165, 1.54) is 0 Å². The summed E-state index contributed by atoms with van der Waals surface area (Å²) in [7, 11) is 1.59. The molecule has 1 aromatic carbocycles. The largest absolute Gasteiger partial charge is 0.497 e. The number of benzene rings is 1. The number of rotatable bonds is 3. The van der Waals surface area contributed by atoms with Crippen molar-refractivity contribution in [2.45, 2.75) is 0 Å². The Labute approximate surface area is 156 Å². The molecule has 7 heteroatoms. The van der Waals surface area contributed by atoms with Gasteiger partial charge in [0.15, 0.2) is 0 Å². The van der Waals surface area contributed by atoms with Gasteiger partial charge in [0.05, 0.1) is 18.1 Å². The third-order valence-electron chi connectivity index (χ3n) is 4.81. The molecule has 4 rings (SSSR count). The summed E-state index contributed by atoms with van der Waals surface area (Å²) in [4.78, 5) is 36.3. The lowest BCUT2D eigenvalue weighted by Crippen LogP contribution is -2.50. The molecule has 0 atom stereocenters. The zero-order chi connectivity index (χ0) is 18.8. The van der Waals surface area contributed by atoms with E-state index in [0.29, 0.717) is 37.4 Å². The van der Waals surface area contributed by atoms with E-state index in [1.54, 1.807) is 53.4 Å². The van der Waals surface area contributed by atoms with Crippen LogP contribution in [0.25, 0.3) is 11.0 Å². The van der Waals surface area contributed by atoms with Crippen LogP contribution in [-0.4, -0.2) is 64.9 Å². The number of carbonyl (C=O) groups excluding carboxylic acids is 2. The number of hydrogen-bond acceptors (Lipinski definition) is 4. The molecule has 27 heavy (non-hydrogen) atoms. The van der Waals surface area contributed by atoms with Crippen molar-refractivity contribution in [1.82, 2.24) is 19.8 Å². The minimum Gasteiger partial charge on any atom is -0.497 e. The summed E-state index contributed by atoms with van der Waals surface area (Å²) in [5, 5.41) is 0. The van der Waals surface area contributed by atoms with Gasteiger partial charge >= 0.3 is 0 Å². The van der Waals surface area contributed by atoms with Crippen LogP contribution in [0.4, 0.5) is 0 Å². The van der Waals surface area contributed by atoms with Gasteiger partial charge in [-0.2, -0.15) is 0 Å². The molecule has 1 saturated heterocycles. The predicted octanol–water partition coefficient (Wildman–Crippen LogP) is 2.17. The molecular weight excluding hydrogens is 344 g/mol. The first-order chi connectivity index (χ1) is 13.2. The monoisotopic (exact) mass is 364 g/mol. The average molecular weight is 364 g/mol. The quantitative estimate of drug-likeness (QED) is 0.773. The number of piperazine rings is 1. The van der Waals surface area contributed by atoms with Gasteiger partial charge in [0.2, 0.25) is 0 Å². The Balaban J connectivity index is 1.40. The van der Waals surface area contributed by atoms with E-state index < -0.39 is 0 Å². The van der Waals surface area contributed by atoms with Gasteiger partial charge < -0.3 is 19.5 Å². The third kappa shape index (κ3) is 3.36. The van der Waals surface area contributed by atoms with Gasteiger partial charge in [-0.3, -0.25) is 14.6 Å². The lowest BCUT2D eigenvalue weighted by Gasteiger charge is -2.34. The van der Waals surface area contributed by atoms with Gasteiger partial charge in [-0.15, -0.1) is 0 Å². The van der Waals surface area contributed by atoms with Crippen molar-refractivity contribution < 1.29 is 14.3 Å². The van der Waals surface area contributed by atoms with Crippen LogP contribution in [0.2, 0.25) is 0 Å². The first kappa shape index (κ1) is 17.1. The first-order valence-electron chi connectivity index (χ1n) is 8.82. The number of fused-ring (bicyclic) bond motifs is 1. The van der Waals surface area contributed by atoms with Crippen molar-refractivity contribution in [1.29, 1.82) is 0 Å². The molecule has 0 aliphatic carbocycles. The summed E-state index contributed by atoms with van der Waals surface area (Å²) >= 11 is 0. The molecule has 1 aliphatic heterocycles. The SMILES string of the molecule is COc1ccc(C(=O)N2CCN(C(=O)c3cc4ncccc4[nH]3)CC2)cc1. The van der Waals surface area contributed by atoms with Crippen molar-refractivity contribution in [2.75, 3.05) is 33.3 Å². The molecule has 3 aromatic rings. The van der Waals surface area contributed by atoms with Crippen LogP contribution in [0.15, 0.2) is 48.7 Å². The number of aromatic nitrogens is 2. The summed E-state index contributed by atoms with van der Waals surface area (Å²) in [6.07, 6.45) is 1.70. The number of aromatic amines is 1. The van der Waals surface area contributed by atoms with Gasteiger partial charge in [-0.25, -0.2) is 0 Å². The lowest BCUT2D eigenvalue weighted by molar-refractivity contribution is 0.0533. The molecule has 1 N–H and O–H groups in total. The molecule has 0 spiro atoms. The minimum absolute atomic E-state index is 0.0282. The number of nitrogens with one attached hydrogen (secondary N) is 1. The maximum Gasteiger partial charge on any atom is 0.270 e. The van der Waals surface area contributed by atoms with Gasteiger partial charge in [0.25, 0.3) is 11.8 Å². The fourth-order valence-electron chi connectivity index (χ4n) is 3.27. The number of pyridine rings is 1. The van der Waals surface area contributed by atoms with Crippen LogP contribution >= 0.6 is 0 Å². The van der Waals surface area contributed by atoms with Crippen LogP contribution in [0.3, 0.4) is 0 Å². The summed E-state index contributed by atoms with van der Waals surface area (Å²) in [6.45, 7) is 2.03. The van der Waals surface area contributed by atoms with E-state index in [4.69, 9.17) is 4.74 Å². The summed E-state index contributed by atoms with van der Waals surface area (Å²) in [5.74, 6) is 0.624. The third-order valence-corrected chi connectivity index (χ3v) is 4.81. The molecule has 0 radical (unpaired) electrons. The Morgan fingerprint density at radius 1 is 1.00 bits per heavy atom. The topological polar surface area (TPSA) is 78.5 Å². The molecule has 1 aliphatic rings. The van der Waals surface area contributed by atoms with Crippen molar-refractivity contribution in [3.63, 3.8) is 0 Å². The highest BCUT2D eigenvalue weighted by atomic mass is 16.5. The second kappa shape index (κ2) is 7.11. The van der Waals surface area contributed by atoms with E-state index >= 15 is 0 Å². The minimum atomic E-state index is -0.0652. The standard InChI is InChI=1S/C20H20N4O3/c1-27-15-6-4-14(5-7-15)19(25)23-9-11-24(12-10-23)20(26)18-13-17-16(22-18)3-2-8-21-17/h2-8,13,22H,9-12H2,1H3. The average Bonchev–Trinajstić information content (AvgIpc) is 3.17. The number of methoxy groups -OCH3 is 1. The second-order valence-corrected chi connectivity index (χ2v) is 6.43. The molecule has 2 amide bonds. The molecule has 138 valence electrons. The summed E-state index contributed by atoms with van der Waals surface area (Å²) in [6, 6.07) is 12.6. The number of amides is 2. The predicted molar refractivity (Wildman–Crippen MR) is 101 cm³/mol. The van der Waals surface area contributed by atoms with Crippen LogP contribution in [0, 0.1) is 0 Å². The van der Waals surface area contributed by atoms with E-state index in [9.17, 15) is 9.59 Å². The number of hydrogen-bond donors (Lipinski definition) is 1. The Bertz CT molecular complexity index is 939. The van der Waals surface area contributed by atoms with Crippen molar-refractivity contribution in [3.8, 4) is 5.75 Å². The molecule has 3 heterocycles. The number of nitrogens with zero attached hydrogens (tertiary/aromatic N) is 3. The van der Waals surface area contributed by atoms with E-state index in [2.05, 4.69) is 9.97 Å². The van der Waals surface area contributed by atoms with E-state index in [0.717, 1.165) is 16.8 Å². The Morgan fingerprint density at radius 2 is 1.67 bits per heavy atom. The fraction of sp³-hybridized carbons (Fsp3) is 0.250. The normalized spacial score (nSPS) is 14.4. The number of ether oxygens (including phenoxy) is 1. The van der Waals surface area contributed by atoms with Gasteiger partial charge in [0.1, 0.15) is 11.4 Å². The van der Waals surface area contributed by atoms with Gasteiger partial charge in [-0.1, -0.05) is 0 Å². The highest BCUT2D eigenvalue weighted by Gasteiger charge is 2.26. The van der Waals surface area contributed by atoms with Crippen LogP contribution in [0.5, 0.6) is 5.75 Å². The zero-order valence-corrected chi connectivity index (χ0v) is 15.0. The number of H-pyrrole nitrogens is 1. The lowest BCUT2D eigenvalue weighted by atomic mass is 10.1. The smallest absolute Gasteiger partial charge is 0.270 e. The fourth-order valence-corrected chi connectivity index (χ4v) is 3.27. The molecule has 1 fully saturated rings. The molecule has 0 unspecified atom stereocenters. The molecule has 0 bridgehead atoms. The zero-order valence-electron chi connectivity index (χ0n) is 15.0. The van der Waals surface area contributed by atoms with E-state index in [-0.39, 0.29) is 11.8 Å². The maximum absolute atomic E-state index is 12.7. The van der Waals surface area contributed by atoms with Crippen molar-refractivity contribution in [3.05, 3.63) is 59.9 Å². The highest BCUT2D eigenvalue weighted by molar-refractivity contribution is 5.97. The Hall–Kier alpha value is -3.35. The van der Waals surface area contributed by atoms with Crippen LogP contribution in [0.1, 0.15) is 20.8 Å². The maximum atomic E-state index is 12.7. The van der Waals surface area contributed by atoms with E-state index in [1.807, 2.05) is 12.1 Å². The summed E-state index contributed by atoms with van der Waals surface area (Å²) < 4.78 is 5.12. The first-order valence-corrected chi connectivity index (χ1v) is 8.82. The molecule has 0 saturated carbocycles. The summed E-state index contributed by atoms with van der Waals surface area (Å²) in [5.41, 5.74) is 2.76. The molecule has 7 nitrogen and oxygen atoms in total. The van der Waals surface area contributed by atoms with Gasteiger partial charge in [-0.05, 0) is 42.5 Å². The highest BCUT2D eigenvalue weighted by Crippen LogP contribution is 2.17. The Morgan fingerprint density at radius 3 is 2.30 bits per heavy atom.